The summed E-state index contributed by atoms with van der Waals surface area (Å²) in [5.41, 5.74) is 6.81. The van der Waals surface area contributed by atoms with Crippen molar-refractivity contribution in [2.24, 2.45) is 5.73 Å². The van der Waals surface area contributed by atoms with Crippen LogP contribution in [0.4, 0.5) is 5.69 Å². The highest BCUT2D eigenvalue weighted by Gasteiger charge is 2.19. The lowest BCUT2D eigenvalue weighted by Gasteiger charge is -2.29. The molecule has 0 aromatic heterocycles. The summed E-state index contributed by atoms with van der Waals surface area (Å²) < 4.78 is 1.08. The van der Waals surface area contributed by atoms with Crippen LogP contribution in [0.25, 0.3) is 0 Å². The first-order chi connectivity index (χ1) is 6.61. The van der Waals surface area contributed by atoms with Crippen molar-refractivity contribution in [1.82, 2.24) is 0 Å². The second kappa shape index (κ2) is 4.80. The lowest BCUT2D eigenvalue weighted by atomic mass is 9.99. The summed E-state index contributed by atoms with van der Waals surface area (Å²) in [5, 5.41) is 3.45. The zero-order chi connectivity index (χ0) is 10.6. The van der Waals surface area contributed by atoms with Crippen molar-refractivity contribution >= 4 is 21.6 Å². The van der Waals surface area contributed by atoms with E-state index in [1.54, 1.807) is 0 Å². The number of nitrogens with two attached hydrogens (primary N) is 1. The number of nitrogens with one attached hydrogen (secondary N) is 1. The molecule has 1 atom stereocenters. The van der Waals surface area contributed by atoms with E-state index in [1.165, 1.54) is 0 Å². The molecular formula is C11H17BrN2. The molecule has 0 aliphatic carbocycles. The van der Waals surface area contributed by atoms with Crippen molar-refractivity contribution in [3.63, 3.8) is 0 Å². The number of benzene rings is 1. The lowest BCUT2D eigenvalue weighted by Crippen LogP contribution is -2.41. The van der Waals surface area contributed by atoms with E-state index >= 15 is 0 Å². The molecule has 0 aliphatic rings. The van der Waals surface area contributed by atoms with E-state index in [4.69, 9.17) is 5.73 Å². The summed E-state index contributed by atoms with van der Waals surface area (Å²) in [6.07, 6.45) is 1.00. The van der Waals surface area contributed by atoms with Gasteiger partial charge in [0.2, 0.25) is 0 Å². The van der Waals surface area contributed by atoms with Crippen molar-refractivity contribution in [3.8, 4) is 0 Å². The minimum absolute atomic E-state index is 0.0239. The average Bonchev–Trinajstić information content (AvgIpc) is 2.21. The highest BCUT2D eigenvalue weighted by atomic mass is 79.9. The first kappa shape index (κ1) is 11.5. The van der Waals surface area contributed by atoms with Gasteiger partial charge in [0, 0.05) is 22.2 Å². The predicted molar refractivity (Wildman–Crippen MR) is 65.5 cm³/mol. The molecule has 0 amide bonds. The van der Waals surface area contributed by atoms with E-state index in [9.17, 15) is 0 Å². The van der Waals surface area contributed by atoms with Gasteiger partial charge in [0.1, 0.15) is 0 Å². The van der Waals surface area contributed by atoms with Gasteiger partial charge in [-0.25, -0.2) is 0 Å². The number of anilines is 1. The third-order valence-corrected chi connectivity index (χ3v) is 3.23. The summed E-state index contributed by atoms with van der Waals surface area (Å²) >= 11 is 3.50. The standard InChI is InChI=1S/C11H17BrN2/c1-3-11(2,8-13)14-10-7-5-4-6-9(10)12/h4-7,14H,3,8,13H2,1-2H3. The fourth-order valence-electron chi connectivity index (χ4n) is 1.17. The number of hydrogen-bond donors (Lipinski definition) is 2. The van der Waals surface area contributed by atoms with Crippen LogP contribution in [0.2, 0.25) is 0 Å². The van der Waals surface area contributed by atoms with Crippen LogP contribution in [0.5, 0.6) is 0 Å². The number of halogens is 1. The Labute approximate surface area is 94.0 Å². The van der Waals surface area contributed by atoms with Crippen molar-refractivity contribution in [3.05, 3.63) is 28.7 Å². The molecule has 14 heavy (non-hydrogen) atoms. The minimum Gasteiger partial charge on any atom is -0.378 e. The van der Waals surface area contributed by atoms with Crippen LogP contribution >= 0.6 is 15.9 Å². The van der Waals surface area contributed by atoms with Crippen LogP contribution in [0.3, 0.4) is 0 Å². The Kier molecular flexibility index (Phi) is 3.96. The molecule has 1 aromatic rings. The van der Waals surface area contributed by atoms with Crippen LogP contribution in [-0.2, 0) is 0 Å². The fourth-order valence-corrected chi connectivity index (χ4v) is 1.56. The molecule has 0 fully saturated rings. The molecule has 0 heterocycles. The molecule has 3 N–H and O–H groups in total. The predicted octanol–water partition coefficient (Wildman–Crippen LogP) is 2.99. The Morgan fingerprint density at radius 3 is 2.57 bits per heavy atom. The summed E-state index contributed by atoms with van der Waals surface area (Å²) in [6.45, 7) is 4.90. The SMILES string of the molecule is CCC(C)(CN)Nc1ccccc1Br. The molecule has 1 rings (SSSR count). The first-order valence-electron chi connectivity index (χ1n) is 4.84. The molecule has 1 unspecified atom stereocenters. The van der Waals surface area contributed by atoms with Crippen molar-refractivity contribution in [2.75, 3.05) is 11.9 Å². The normalized spacial score (nSPS) is 14.9. The highest BCUT2D eigenvalue weighted by molar-refractivity contribution is 9.10. The van der Waals surface area contributed by atoms with Gasteiger partial charge in [0.15, 0.2) is 0 Å². The van der Waals surface area contributed by atoms with Gasteiger partial charge in [-0.2, -0.15) is 0 Å². The summed E-state index contributed by atoms with van der Waals surface area (Å²) in [4.78, 5) is 0. The maximum Gasteiger partial charge on any atom is 0.0489 e. The van der Waals surface area contributed by atoms with Crippen LogP contribution in [0.1, 0.15) is 20.3 Å². The van der Waals surface area contributed by atoms with Crippen molar-refractivity contribution in [2.45, 2.75) is 25.8 Å². The molecule has 0 aliphatic heterocycles. The Morgan fingerprint density at radius 2 is 2.07 bits per heavy atom. The van der Waals surface area contributed by atoms with Crippen LogP contribution in [-0.4, -0.2) is 12.1 Å². The van der Waals surface area contributed by atoms with E-state index < -0.39 is 0 Å². The molecule has 78 valence electrons. The summed E-state index contributed by atoms with van der Waals surface area (Å²) in [6, 6.07) is 8.09. The highest BCUT2D eigenvalue weighted by Crippen LogP contribution is 2.25. The third kappa shape index (κ3) is 2.72. The molecular weight excluding hydrogens is 240 g/mol. The van der Waals surface area contributed by atoms with Crippen LogP contribution < -0.4 is 11.1 Å². The van der Waals surface area contributed by atoms with E-state index in [1.807, 2.05) is 24.3 Å². The number of rotatable bonds is 4. The molecule has 2 nitrogen and oxygen atoms in total. The number of hydrogen-bond acceptors (Lipinski definition) is 2. The molecule has 0 saturated heterocycles. The number of para-hydroxylation sites is 1. The smallest absolute Gasteiger partial charge is 0.0489 e. The van der Waals surface area contributed by atoms with Gasteiger partial charge in [0.05, 0.1) is 0 Å². The van der Waals surface area contributed by atoms with Crippen LogP contribution in [0.15, 0.2) is 28.7 Å². The Bertz CT molecular complexity index is 295. The van der Waals surface area contributed by atoms with Gasteiger partial charge >= 0.3 is 0 Å². The first-order valence-corrected chi connectivity index (χ1v) is 5.63. The summed E-state index contributed by atoms with van der Waals surface area (Å²) in [5.74, 6) is 0. The molecule has 1 aromatic carbocycles. The fraction of sp³-hybridized carbons (Fsp3) is 0.455. The zero-order valence-electron chi connectivity index (χ0n) is 8.68. The Hall–Kier alpha value is -0.540. The van der Waals surface area contributed by atoms with Gasteiger partial charge in [-0.15, -0.1) is 0 Å². The maximum absolute atomic E-state index is 5.74. The topological polar surface area (TPSA) is 38.0 Å². The van der Waals surface area contributed by atoms with Gasteiger partial charge in [0.25, 0.3) is 0 Å². The average molecular weight is 257 g/mol. The maximum atomic E-state index is 5.74. The van der Waals surface area contributed by atoms with E-state index in [-0.39, 0.29) is 5.54 Å². The zero-order valence-corrected chi connectivity index (χ0v) is 10.3. The monoisotopic (exact) mass is 256 g/mol. The quantitative estimate of drug-likeness (QED) is 0.870. The van der Waals surface area contributed by atoms with Crippen LogP contribution in [0, 0.1) is 0 Å². The second-order valence-corrected chi connectivity index (χ2v) is 4.58. The summed E-state index contributed by atoms with van der Waals surface area (Å²) in [7, 11) is 0. The second-order valence-electron chi connectivity index (χ2n) is 3.72. The van der Waals surface area contributed by atoms with E-state index in [2.05, 4.69) is 35.1 Å². The largest absolute Gasteiger partial charge is 0.378 e. The molecule has 0 radical (unpaired) electrons. The lowest BCUT2D eigenvalue weighted by molar-refractivity contribution is 0.506. The van der Waals surface area contributed by atoms with E-state index in [0.717, 1.165) is 16.6 Å². The van der Waals surface area contributed by atoms with Gasteiger partial charge in [-0.3, -0.25) is 0 Å². The van der Waals surface area contributed by atoms with E-state index in [0.29, 0.717) is 6.54 Å². The molecule has 0 spiro atoms. The minimum atomic E-state index is -0.0239. The Morgan fingerprint density at radius 1 is 1.43 bits per heavy atom. The molecule has 0 saturated carbocycles. The third-order valence-electron chi connectivity index (χ3n) is 2.54. The van der Waals surface area contributed by atoms with Gasteiger partial charge < -0.3 is 11.1 Å². The van der Waals surface area contributed by atoms with Gasteiger partial charge in [-0.05, 0) is 41.4 Å². The van der Waals surface area contributed by atoms with Gasteiger partial charge in [-0.1, -0.05) is 19.1 Å². The Balaban J connectivity index is 2.82. The molecule has 3 heteroatoms. The van der Waals surface area contributed by atoms with Crippen molar-refractivity contribution < 1.29 is 0 Å². The van der Waals surface area contributed by atoms with Crippen molar-refractivity contribution in [1.29, 1.82) is 0 Å². The molecule has 0 bridgehead atoms.